The van der Waals surface area contributed by atoms with E-state index in [0.717, 1.165) is 19.5 Å². The topological polar surface area (TPSA) is 78.5 Å². The monoisotopic (exact) mass is 339 g/mol. The number of hydrogen-bond donors (Lipinski definition) is 2. The first-order valence-electron chi connectivity index (χ1n) is 7.89. The van der Waals surface area contributed by atoms with E-state index in [9.17, 15) is 13.2 Å². The zero-order valence-electron chi connectivity index (χ0n) is 13.9. The van der Waals surface area contributed by atoms with Crippen molar-refractivity contribution in [3.8, 4) is 0 Å². The Balaban J connectivity index is 2.08. The standard InChI is InChI=1S/C16H25N3O3S/c1-12(2)10-18-23(21,22)15-6-4-13(5-7-15)16(20)19(3)14-8-9-17-11-14/h4-7,12,14,17-18H,8-11H2,1-3H3. The summed E-state index contributed by atoms with van der Waals surface area (Å²) in [6, 6.07) is 6.31. The molecule has 1 heterocycles. The molecule has 0 saturated carbocycles. The molecule has 1 saturated heterocycles. The van der Waals surface area contributed by atoms with E-state index in [1.807, 2.05) is 13.8 Å². The van der Waals surface area contributed by atoms with Crippen molar-refractivity contribution in [3.05, 3.63) is 29.8 Å². The second-order valence-corrected chi connectivity index (χ2v) is 8.10. The number of benzene rings is 1. The first-order chi connectivity index (χ1) is 10.8. The lowest BCUT2D eigenvalue weighted by atomic mass is 10.1. The summed E-state index contributed by atoms with van der Waals surface area (Å²) in [5.74, 6) is 0.150. The average molecular weight is 339 g/mol. The molecule has 7 heteroatoms. The molecule has 2 rings (SSSR count). The number of carbonyl (C=O) groups is 1. The van der Waals surface area contributed by atoms with Gasteiger partial charge >= 0.3 is 0 Å². The molecule has 1 amide bonds. The van der Waals surface area contributed by atoms with Gasteiger partial charge in [-0.15, -0.1) is 0 Å². The van der Waals surface area contributed by atoms with Crippen molar-refractivity contribution in [2.75, 3.05) is 26.7 Å². The van der Waals surface area contributed by atoms with Crippen LogP contribution in [0.25, 0.3) is 0 Å². The fourth-order valence-corrected chi connectivity index (χ4v) is 3.69. The third-order valence-corrected chi connectivity index (χ3v) is 5.44. The summed E-state index contributed by atoms with van der Waals surface area (Å²) in [6.07, 6.45) is 0.938. The number of amides is 1. The van der Waals surface area contributed by atoms with Gasteiger partial charge in [0.05, 0.1) is 4.90 Å². The van der Waals surface area contributed by atoms with Gasteiger partial charge in [-0.25, -0.2) is 13.1 Å². The van der Waals surface area contributed by atoms with E-state index < -0.39 is 10.0 Å². The molecule has 128 valence electrons. The van der Waals surface area contributed by atoms with Gasteiger partial charge in [0, 0.05) is 31.7 Å². The molecule has 0 bridgehead atoms. The third kappa shape index (κ3) is 4.53. The number of rotatable bonds is 6. The molecule has 1 fully saturated rings. The molecule has 1 unspecified atom stereocenters. The van der Waals surface area contributed by atoms with Crippen LogP contribution in [0.4, 0.5) is 0 Å². The van der Waals surface area contributed by atoms with Gasteiger partial charge < -0.3 is 10.2 Å². The number of sulfonamides is 1. The Hall–Kier alpha value is -1.44. The van der Waals surface area contributed by atoms with Crippen LogP contribution in [0, 0.1) is 5.92 Å². The fourth-order valence-electron chi connectivity index (χ4n) is 2.48. The van der Waals surface area contributed by atoms with Crippen LogP contribution in [0.15, 0.2) is 29.2 Å². The van der Waals surface area contributed by atoms with E-state index in [1.165, 1.54) is 12.1 Å². The number of nitrogens with one attached hydrogen (secondary N) is 2. The molecule has 2 N–H and O–H groups in total. The van der Waals surface area contributed by atoms with E-state index in [4.69, 9.17) is 0 Å². The first kappa shape index (κ1) is 17.9. The molecular weight excluding hydrogens is 314 g/mol. The maximum Gasteiger partial charge on any atom is 0.253 e. The van der Waals surface area contributed by atoms with Gasteiger partial charge in [0.15, 0.2) is 0 Å². The van der Waals surface area contributed by atoms with E-state index in [0.29, 0.717) is 12.1 Å². The number of nitrogens with zero attached hydrogens (tertiary/aromatic N) is 1. The quantitative estimate of drug-likeness (QED) is 0.812. The Morgan fingerprint density at radius 3 is 2.52 bits per heavy atom. The van der Waals surface area contributed by atoms with Crippen LogP contribution in [0.5, 0.6) is 0 Å². The Kier molecular flexibility index (Phi) is 5.78. The van der Waals surface area contributed by atoms with Gasteiger partial charge in [0.25, 0.3) is 5.91 Å². The minimum atomic E-state index is -3.52. The maximum atomic E-state index is 12.4. The van der Waals surface area contributed by atoms with Crippen molar-refractivity contribution >= 4 is 15.9 Å². The summed E-state index contributed by atoms with van der Waals surface area (Å²) in [5.41, 5.74) is 0.502. The average Bonchev–Trinajstić information content (AvgIpc) is 3.06. The summed E-state index contributed by atoms with van der Waals surface area (Å²) in [6.45, 7) is 5.99. The Labute approximate surface area is 138 Å². The van der Waals surface area contributed by atoms with E-state index in [2.05, 4.69) is 10.0 Å². The van der Waals surface area contributed by atoms with Crippen molar-refractivity contribution in [3.63, 3.8) is 0 Å². The minimum absolute atomic E-state index is 0.0854. The SMILES string of the molecule is CC(C)CNS(=O)(=O)c1ccc(C(=O)N(C)C2CCNC2)cc1. The van der Waals surface area contributed by atoms with Crippen LogP contribution < -0.4 is 10.0 Å². The number of likely N-dealkylation sites (N-methyl/N-ethyl adjacent to an activating group) is 1. The zero-order valence-corrected chi connectivity index (χ0v) is 14.7. The molecule has 23 heavy (non-hydrogen) atoms. The highest BCUT2D eigenvalue weighted by Gasteiger charge is 2.24. The summed E-state index contributed by atoms with van der Waals surface area (Å²) in [7, 11) is -1.73. The van der Waals surface area contributed by atoms with E-state index >= 15 is 0 Å². The third-order valence-electron chi connectivity index (χ3n) is 4.00. The van der Waals surface area contributed by atoms with Crippen LogP contribution in [0.1, 0.15) is 30.6 Å². The van der Waals surface area contributed by atoms with Crippen LogP contribution in [0.3, 0.4) is 0 Å². The van der Waals surface area contributed by atoms with Crippen LogP contribution >= 0.6 is 0 Å². The van der Waals surface area contributed by atoms with Crippen LogP contribution in [0.2, 0.25) is 0 Å². The molecule has 1 aliphatic rings. The number of hydrogen-bond acceptors (Lipinski definition) is 4. The predicted octanol–water partition coefficient (Wildman–Crippen LogP) is 1.05. The maximum absolute atomic E-state index is 12.4. The van der Waals surface area contributed by atoms with Crippen LogP contribution in [-0.4, -0.2) is 51.9 Å². The molecular formula is C16H25N3O3S. The fraction of sp³-hybridized carbons (Fsp3) is 0.562. The second-order valence-electron chi connectivity index (χ2n) is 6.33. The highest BCUT2D eigenvalue weighted by atomic mass is 32.2. The molecule has 0 aliphatic carbocycles. The van der Waals surface area contributed by atoms with Gasteiger partial charge in [-0.1, -0.05) is 13.8 Å². The van der Waals surface area contributed by atoms with Gasteiger partial charge in [-0.3, -0.25) is 4.79 Å². The highest BCUT2D eigenvalue weighted by Crippen LogP contribution is 2.15. The highest BCUT2D eigenvalue weighted by molar-refractivity contribution is 7.89. The van der Waals surface area contributed by atoms with Crippen molar-refractivity contribution in [2.45, 2.75) is 31.2 Å². The van der Waals surface area contributed by atoms with Gasteiger partial charge in [-0.2, -0.15) is 0 Å². The first-order valence-corrected chi connectivity index (χ1v) is 9.37. The summed E-state index contributed by atoms with van der Waals surface area (Å²) in [4.78, 5) is 14.3. The lowest BCUT2D eigenvalue weighted by Crippen LogP contribution is -2.38. The molecule has 0 spiro atoms. The largest absolute Gasteiger partial charge is 0.337 e. The van der Waals surface area contributed by atoms with Crippen molar-refractivity contribution in [1.82, 2.24) is 14.9 Å². The molecule has 1 aromatic carbocycles. The molecule has 6 nitrogen and oxygen atoms in total. The lowest BCUT2D eigenvalue weighted by Gasteiger charge is -2.23. The van der Waals surface area contributed by atoms with Crippen molar-refractivity contribution in [2.24, 2.45) is 5.92 Å². The Morgan fingerprint density at radius 2 is 2.00 bits per heavy atom. The molecule has 0 aromatic heterocycles. The second kappa shape index (κ2) is 7.42. The van der Waals surface area contributed by atoms with Gasteiger partial charge in [-0.05, 0) is 43.1 Å². The van der Waals surface area contributed by atoms with Crippen LogP contribution in [-0.2, 0) is 10.0 Å². The Bertz CT molecular complexity index is 635. The molecule has 1 aromatic rings. The predicted molar refractivity (Wildman–Crippen MR) is 89.8 cm³/mol. The summed E-state index contributed by atoms with van der Waals surface area (Å²) < 4.78 is 26.9. The number of carbonyl (C=O) groups excluding carboxylic acids is 1. The summed E-state index contributed by atoms with van der Waals surface area (Å²) >= 11 is 0. The lowest BCUT2D eigenvalue weighted by molar-refractivity contribution is 0.0743. The summed E-state index contributed by atoms with van der Waals surface area (Å²) in [5, 5.41) is 3.23. The normalized spacial score (nSPS) is 18.3. The molecule has 0 radical (unpaired) electrons. The van der Waals surface area contributed by atoms with Gasteiger partial charge in [0.2, 0.25) is 10.0 Å². The zero-order chi connectivity index (χ0) is 17.0. The van der Waals surface area contributed by atoms with Crippen molar-refractivity contribution in [1.29, 1.82) is 0 Å². The minimum Gasteiger partial charge on any atom is -0.337 e. The van der Waals surface area contributed by atoms with E-state index in [1.54, 1.807) is 24.1 Å². The van der Waals surface area contributed by atoms with Gasteiger partial charge in [0.1, 0.15) is 0 Å². The molecule has 1 aliphatic heterocycles. The van der Waals surface area contributed by atoms with Crippen molar-refractivity contribution < 1.29 is 13.2 Å². The van der Waals surface area contributed by atoms with E-state index in [-0.39, 0.29) is 22.8 Å². The Morgan fingerprint density at radius 1 is 1.35 bits per heavy atom. The molecule has 1 atom stereocenters. The smallest absolute Gasteiger partial charge is 0.253 e.